The fourth-order valence-electron chi connectivity index (χ4n) is 4.06. The van der Waals surface area contributed by atoms with E-state index in [-0.39, 0.29) is 24.0 Å². The van der Waals surface area contributed by atoms with E-state index in [1.165, 1.54) is 19.4 Å². The Kier molecular flexibility index (Phi) is 11.2. The lowest BCUT2D eigenvalue weighted by molar-refractivity contribution is 0.0195. The standard InChI is InChI=1S/C19H37N5O2.HI/c1-2-20-19(21-6-3-4-7-22-9-13-25-14-10-22)24-8-5-18(17-24)23-11-15-26-16-12-23;/h18H,2-17H2,1H3,(H,20,21);1H. The highest BCUT2D eigenvalue weighted by molar-refractivity contribution is 14.0. The molecular weight excluding hydrogens is 457 g/mol. The number of likely N-dealkylation sites (tertiary alicyclic amines) is 1. The number of halogens is 1. The van der Waals surface area contributed by atoms with E-state index in [9.17, 15) is 0 Å². The molecule has 0 aromatic rings. The maximum Gasteiger partial charge on any atom is 0.193 e. The van der Waals surface area contributed by atoms with Gasteiger partial charge in [0.25, 0.3) is 0 Å². The Bertz CT molecular complexity index is 428. The topological polar surface area (TPSA) is 52.6 Å². The van der Waals surface area contributed by atoms with Gasteiger partial charge in [-0.1, -0.05) is 0 Å². The average Bonchev–Trinajstić information content (AvgIpc) is 3.18. The number of ether oxygens (including phenoxy) is 2. The highest BCUT2D eigenvalue weighted by atomic mass is 127. The van der Waals surface area contributed by atoms with Crippen molar-refractivity contribution in [3.05, 3.63) is 0 Å². The van der Waals surface area contributed by atoms with Crippen molar-refractivity contribution in [3.63, 3.8) is 0 Å². The largest absolute Gasteiger partial charge is 0.379 e. The van der Waals surface area contributed by atoms with Crippen molar-refractivity contribution in [1.82, 2.24) is 20.0 Å². The third-order valence-electron chi connectivity index (χ3n) is 5.61. The zero-order valence-corrected chi connectivity index (χ0v) is 19.2. The normalized spacial score (nSPS) is 25.4. The van der Waals surface area contributed by atoms with Crippen LogP contribution in [-0.2, 0) is 9.47 Å². The van der Waals surface area contributed by atoms with Gasteiger partial charge in [-0.2, -0.15) is 0 Å². The first kappa shape index (κ1) is 23.1. The minimum atomic E-state index is 0. The van der Waals surface area contributed by atoms with Crippen LogP contribution in [0.25, 0.3) is 0 Å². The summed E-state index contributed by atoms with van der Waals surface area (Å²) in [6.07, 6.45) is 3.62. The van der Waals surface area contributed by atoms with E-state index in [1.807, 2.05) is 0 Å². The first-order valence-electron chi connectivity index (χ1n) is 10.5. The van der Waals surface area contributed by atoms with Crippen molar-refractivity contribution in [2.45, 2.75) is 32.2 Å². The molecule has 3 rings (SSSR count). The summed E-state index contributed by atoms with van der Waals surface area (Å²) in [6.45, 7) is 15.3. The molecule has 1 unspecified atom stereocenters. The maximum absolute atomic E-state index is 5.49. The van der Waals surface area contributed by atoms with E-state index in [0.29, 0.717) is 6.04 Å². The highest BCUT2D eigenvalue weighted by Gasteiger charge is 2.30. The fraction of sp³-hybridized carbons (Fsp3) is 0.947. The van der Waals surface area contributed by atoms with Crippen molar-refractivity contribution in [2.75, 3.05) is 85.3 Å². The number of rotatable bonds is 7. The lowest BCUT2D eigenvalue weighted by Crippen LogP contribution is -2.46. The number of hydrogen-bond acceptors (Lipinski definition) is 5. The molecule has 3 heterocycles. The third kappa shape index (κ3) is 7.64. The summed E-state index contributed by atoms with van der Waals surface area (Å²) >= 11 is 0. The van der Waals surface area contributed by atoms with Crippen molar-refractivity contribution in [1.29, 1.82) is 0 Å². The summed E-state index contributed by atoms with van der Waals surface area (Å²) in [5.41, 5.74) is 0. The van der Waals surface area contributed by atoms with Crippen LogP contribution in [0.5, 0.6) is 0 Å². The number of aliphatic imine (C=N–C) groups is 1. The third-order valence-corrected chi connectivity index (χ3v) is 5.61. The van der Waals surface area contributed by atoms with Crippen LogP contribution < -0.4 is 5.32 Å². The Morgan fingerprint density at radius 2 is 1.70 bits per heavy atom. The predicted octanol–water partition coefficient (Wildman–Crippen LogP) is 1.09. The van der Waals surface area contributed by atoms with Crippen molar-refractivity contribution >= 4 is 29.9 Å². The summed E-state index contributed by atoms with van der Waals surface area (Å²) in [5, 5.41) is 3.49. The Labute approximate surface area is 181 Å². The molecule has 1 N–H and O–H groups in total. The van der Waals surface area contributed by atoms with Crippen molar-refractivity contribution < 1.29 is 9.47 Å². The Balaban J connectivity index is 0.00000261. The molecule has 3 fully saturated rings. The smallest absolute Gasteiger partial charge is 0.193 e. The number of hydrogen-bond donors (Lipinski definition) is 1. The van der Waals surface area contributed by atoms with Gasteiger partial charge in [0.15, 0.2) is 5.96 Å². The van der Waals surface area contributed by atoms with Gasteiger partial charge in [-0.15, -0.1) is 24.0 Å². The molecule has 0 aromatic heterocycles. The van der Waals surface area contributed by atoms with Gasteiger partial charge in [0.1, 0.15) is 0 Å². The molecule has 0 saturated carbocycles. The zero-order valence-electron chi connectivity index (χ0n) is 16.9. The number of guanidine groups is 1. The van der Waals surface area contributed by atoms with E-state index in [2.05, 4.69) is 26.9 Å². The van der Waals surface area contributed by atoms with Gasteiger partial charge in [0, 0.05) is 58.4 Å². The summed E-state index contributed by atoms with van der Waals surface area (Å²) < 4.78 is 10.9. The molecule has 3 aliphatic rings. The molecule has 8 heteroatoms. The minimum absolute atomic E-state index is 0. The second-order valence-corrected chi connectivity index (χ2v) is 7.43. The minimum Gasteiger partial charge on any atom is -0.379 e. The molecule has 0 spiro atoms. The van der Waals surface area contributed by atoms with E-state index >= 15 is 0 Å². The summed E-state index contributed by atoms with van der Waals surface area (Å²) in [4.78, 5) is 12.5. The van der Waals surface area contributed by atoms with Gasteiger partial charge in [0.05, 0.1) is 26.4 Å². The maximum atomic E-state index is 5.49. The molecule has 158 valence electrons. The first-order chi connectivity index (χ1) is 12.9. The van der Waals surface area contributed by atoms with Gasteiger partial charge in [-0.25, -0.2) is 0 Å². The van der Waals surface area contributed by atoms with Crippen molar-refractivity contribution in [3.8, 4) is 0 Å². The summed E-state index contributed by atoms with van der Waals surface area (Å²) in [7, 11) is 0. The Morgan fingerprint density at radius 3 is 2.41 bits per heavy atom. The molecule has 0 radical (unpaired) electrons. The Morgan fingerprint density at radius 1 is 1.00 bits per heavy atom. The molecule has 3 saturated heterocycles. The lowest BCUT2D eigenvalue weighted by Gasteiger charge is -2.32. The molecule has 7 nitrogen and oxygen atoms in total. The van der Waals surface area contributed by atoms with Crippen LogP contribution in [0.4, 0.5) is 0 Å². The molecule has 0 aromatic carbocycles. The first-order valence-corrected chi connectivity index (χ1v) is 10.5. The van der Waals surface area contributed by atoms with Gasteiger partial charge < -0.3 is 19.7 Å². The SMILES string of the molecule is CCNC(=NCCCCN1CCOCC1)N1CCC(N2CCOCC2)C1.I. The van der Waals surface area contributed by atoms with Crippen LogP contribution in [0, 0.1) is 0 Å². The quantitative estimate of drug-likeness (QED) is 0.247. The van der Waals surface area contributed by atoms with Crippen LogP contribution in [0.2, 0.25) is 0 Å². The molecule has 0 aliphatic carbocycles. The number of morpholine rings is 2. The van der Waals surface area contributed by atoms with Gasteiger partial charge >= 0.3 is 0 Å². The Hall–Kier alpha value is -0.160. The molecule has 27 heavy (non-hydrogen) atoms. The average molecular weight is 495 g/mol. The molecular formula is C19H38IN5O2. The highest BCUT2D eigenvalue weighted by Crippen LogP contribution is 2.17. The predicted molar refractivity (Wildman–Crippen MR) is 120 cm³/mol. The molecule has 3 aliphatic heterocycles. The second kappa shape index (κ2) is 13.1. The van der Waals surface area contributed by atoms with Gasteiger partial charge in [-0.05, 0) is 32.7 Å². The van der Waals surface area contributed by atoms with E-state index in [4.69, 9.17) is 14.5 Å². The molecule has 1 atom stereocenters. The van der Waals surface area contributed by atoms with Crippen LogP contribution >= 0.6 is 24.0 Å². The van der Waals surface area contributed by atoms with Crippen LogP contribution in [0.3, 0.4) is 0 Å². The second-order valence-electron chi connectivity index (χ2n) is 7.43. The van der Waals surface area contributed by atoms with Crippen LogP contribution in [0.1, 0.15) is 26.2 Å². The number of nitrogens with zero attached hydrogens (tertiary/aromatic N) is 4. The fourth-order valence-corrected chi connectivity index (χ4v) is 4.06. The summed E-state index contributed by atoms with van der Waals surface area (Å²) in [5.74, 6) is 1.11. The molecule has 0 bridgehead atoms. The number of unbranched alkanes of at least 4 members (excludes halogenated alkanes) is 1. The van der Waals surface area contributed by atoms with Crippen LogP contribution in [0.15, 0.2) is 4.99 Å². The van der Waals surface area contributed by atoms with Crippen LogP contribution in [-0.4, -0.2) is 112 Å². The van der Waals surface area contributed by atoms with Gasteiger partial charge in [-0.3, -0.25) is 14.8 Å². The monoisotopic (exact) mass is 495 g/mol. The van der Waals surface area contributed by atoms with E-state index in [0.717, 1.165) is 91.2 Å². The van der Waals surface area contributed by atoms with Gasteiger partial charge in [0.2, 0.25) is 0 Å². The zero-order chi connectivity index (χ0) is 18.0. The van der Waals surface area contributed by atoms with E-state index < -0.39 is 0 Å². The van der Waals surface area contributed by atoms with Crippen molar-refractivity contribution in [2.24, 2.45) is 4.99 Å². The summed E-state index contributed by atoms with van der Waals surface area (Å²) in [6, 6.07) is 0.657. The molecule has 0 amide bonds. The number of nitrogens with one attached hydrogen (secondary N) is 1. The van der Waals surface area contributed by atoms with E-state index in [1.54, 1.807) is 0 Å². The lowest BCUT2D eigenvalue weighted by atomic mass is 10.2.